The molecule has 2 unspecified atom stereocenters. The first kappa shape index (κ1) is 15.2. The van der Waals surface area contributed by atoms with Crippen molar-refractivity contribution >= 4 is 35.2 Å². The highest BCUT2D eigenvalue weighted by molar-refractivity contribution is 7.99. The number of rotatable bonds is 3. The molecule has 4 nitrogen and oxygen atoms in total. The van der Waals surface area contributed by atoms with E-state index in [1.54, 1.807) is 29.7 Å². The van der Waals surface area contributed by atoms with E-state index in [0.29, 0.717) is 17.4 Å². The lowest BCUT2D eigenvalue weighted by Crippen LogP contribution is -2.42. The van der Waals surface area contributed by atoms with E-state index in [0.717, 1.165) is 5.56 Å². The number of nitrogens with zero attached hydrogens (tertiary/aromatic N) is 1. The fourth-order valence-electron chi connectivity index (χ4n) is 2.23. The predicted molar refractivity (Wildman–Crippen MR) is 79.6 cm³/mol. The van der Waals surface area contributed by atoms with Crippen LogP contribution in [0.2, 0.25) is 5.02 Å². The van der Waals surface area contributed by atoms with Crippen LogP contribution in [0.15, 0.2) is 24.3 Å². The summed E-state index contributed by atoms with van der Waals surface area (Å²) in [5.41, 5.74) is 0.921. The van der Waals surface area contributed by atoms with E-state index in [-0.39, 0.29) is 17.3 Å². The molecule has 0 bridgehead atoms. The van der Waals surface area contributed by atoms with Crippen molar-refractivity contribution < 1.29 is 14.3 Å². The minimum absolute atomic E-state index is 0.141. The lowest BCUT2D eigenvalue weighted by atomic mass is 10.1. The Morgan fingerprint density at radius 3 is 2.85 bits per heavy atom. The summed E-state index contributed by atoms with van der Waals surface area (Å²) in [6.45, 7) is 3.54. The van der Waals surface area contributed by atoms with Gasteiger partial charge in [0.15, 0.2) is 0 Å². The summed E-state index contributed by atoms with van der Waals surface area (Å²) in [5, 5.41) is 0.423. The molecule has 1 fully saturated rings. The number of carbonyl (C=O) groups is 2. The Morgan fingerprint density at radius 2 is 2.25 bits per heavy atom. The maximum atomic E-state index is 11.9. The van der Waals surface area contributed by atoms with Crippen LogP contribution in [0.5, 0.6) is 0 Å². The molecule has 0 radical (unpaired) electrons. The van der Waals surface area contributed by atoms with E-state index in [2.05, 4.69) is 0 Å². The number of hydrogen-bond donors (Lipinski definition) is 0. The smallest absolute Gasteiger partial charge is 0.329 e. The third kappa shape index (κ3) is 3.10. The van der Waals surface area contributed by atoms with Crippen LogP contribution in [-0.4, -0.2) is 35.2 Å². The Balaban J connectivity index is 2.27. The van der Waals surface area contributed by atoms with E-state index >= 15 is 0 Å². The van der Waals surface area contributed by atoms with Gasteiger partial charge in [-0.2, -0.15) is 0 Å². The zero-order valence-corrected chi connectivity index (χ0v) is 12.9. The third-order valence-corrected chi connectivity index (χ3v) is 4.61. The molecule has 1 amide bonds. The van der Waals surface area contributed by atoms with Crippen LogP contribution in [-0.2, 0) is 14.3 Å². The number of esters is 1. The molecule has 2 atom stereocenters. The van der Waals surface area contributed by atoms with Gasteiger partial charge in [-0.1, -0.05) is 23.7 Å². The third-order valence-electron chi connectivity index (χ3n) is 3.06. The van der Waals surface area contributed by atoms with E-state index in [1.165, 1.54) is 6.92 Å². The quantitative estimate of drug-likeness (QED) is 0.805. The van der Waals surface area contributed by atoms with Gasteiger partial charge in [0.1, 0.15) is 11.4 Å². The summed E-state index contributed by atoms with van der Waals surface area (Å²) in [7, 11) is 0. The van der Waals surface area contributed by atoms with Crippen molar-refractivity contribution in [2.24, 2.45) is 0 Å². The molecule has 20 heavy (non-hydrogen) atoms. The number of benzene rings is 1. The van der Waals surface area contributed by atoms with Crippen LogP contribution in [0.1, 0.15) is 24.8 Å². The van der Waals surface area contributed by atoms with Crippen molar-refractivity contribution in [3.63, 3.8) is 0 Å². The molecule has 1 aromatic carbocycles. The van der Waals surface area contributed by atoms with Gasteiger partial charge in [0.25, 0.3) is 0 Å². The second kappa shape index (κ2) is 6.50. The van der Waals surface area contributed by atoms with E-state index in [1.807, 2.05) is 18.2 Å². The predicted octanol–water partition coefficient (Wildman–Crippen LogP) is 2.87. The fourth-order valence-corrected chi connectivity index (χ4v) is 3.88. The van der Waals surface area contributed by atoms with Gasteiger partial charge in [-0.3, -0.25) is 4.79 Å². The molecule has 6 heteroatoms. The molecule has 1 heterocycles. The monoisotopic (exact) mass is 313 g/mol. The average Bonchev–Trinajstić information content (AvgIpc) is 2.83. The van der Waals surface area contributed by atoms with E-state index in [4.69, 9.17) is 16.3 Å². The SMILES string of the molecule is CCOC(=O)C1CSC(c2cccc(Cl)c2)N1C(C)=O. The van der Waals surface area contributed by atoms with Crippen molar-refractivity contribution in [3.8, 4) is 0 Å². The molecule has 0 saturated carbocycles. The Labute approximate surface area is 127 Å². The van der Waals surface area contributed by atoms with Crippen molar-refractivity contribution in [1.29, 1.82) is 0 Å². The van der Waals surface area contributed by atoms with Gasteiger partial charge in [-0.15, -0.1) is 11.8 Å². The second-order valence-electron chi connectivity index (χ2n) is 4.43. The number of amides is 1. The van der Waals surface area contributed by atoms with Crippen LogP contribution < -0.4 is 0 Å². The van der Waals surface area contributed by atoms with Crippen LogP contribution in [0, 0.1) is 0 Å². The Hall–Kier alpha value is -1.20. The van der Waals surface area contributed by atoms with Gasteiger partial charge in [-0.05, 0) is 24.6 Å². The molecule has 1 aliphatic rings. The summed E-state index contributed by atoms with van der Waals surface area (Å²) >= 11 is 7.54. The number of hydrogen-bond acceptors (Lipinski definition) is 4. The highest BCUT2D eigenvalue weighted by atomic mass is 35.5. The van der Waals surface area contributed by atoms with Crippen LogP contribution in [0.3, 0.4) is 0 Å². The summed E-state index contributed by atoms with van der Waals surface area (Å²) < 4.78 is 5.04. The number of carbonyl (C=O) groups excluding carboxylic acids is 2. The lowest BCUT2D eigenvalue weighted by molar-refractivity contribution is -0.153. The Morgan fingerprint density at radius 1 is 1.50 bits per heavy atom. The van der Waals surface area contributed by atoms with Gasteiger partial charge < -0.3 is 9.64 Å². The molecule has 0 aliphatic carbocycles. The number of ether oxygens (including phenoxy) is 1. The van der Waals surface area contributed by atoms with Gasteiger partial charge in [0.2, 0.25) is 5.91 Å². The molecular weight excluding hydrogens is 298 g/mol. The number of halogens is 1. The molecule has 1 aliphatic heterocycles. The first-order chi connectivity index (χ1) is 9.54. The molecule has 2 rings (SSSR count). The summed E-state index contributed by atoms with van der Waals surface area (Å²) in [6.07, 6.45) is 0. The lowest BCUT2D eigenvalue weighted by Gasteiger charge is -2.27. The molecule has 108 valence electrons. The van der Waals surface area contributed by atoms with E-state index < -0.39 is 6.04 Å². The fraction of sp³-hybridized carbons (Fsp3) is 0.429. The number of thioether (sulfide) groups is 1. The Bertz CT molecular complexity index is 523. The molecule has 0 aromatic heterocycles. The molecule has 0 N–H and O–H groups in total. The summed E-state index contributed by atoms with van der Waals surface area (Å²) in [4.78, 5) is 25.4. The summed E-state index contributed by atoms with van der Waals surface area (Å²) in [5.74, 6) is 0.0491. The maximum absolute atomic E-state index is 11.9. The molecule has 1 saturated heterocycles. The molecule has 0 spiro atoms. The van der Waals surface area contributed by atoms with Gasteiger partial charge >= 0.3 is 5.97 Å². The minimum Gasteiger partial charge on any atom is -0.464 e. The average molecular weight is 314 g/mol. The largest absolute Gasteiger partial charge is 0.464 e. The highest BCUT2D eigenvalue weighted by Gasteiger charge is 2.41. The highest BCUT2D eigenvalue weighted by Crippen LogP contribution is 2.42. The van der Waals surface area contributed by atoms with Crippen molar-refractivity contribution in [1.82, 2.24) is 4.90 Å². The summed E-state index contributed by atoms with van der Waals surface area (Å²) in [6, 6.07) is 6.83. The zero-order valence-electron chi connectivity index (χ0n) is 11.3. The minimum atomic E-state index is -0.526. The standard InChI is InChI=1S/C14H16ClNO3S/c1-3-19-14(18)12-8-20-13(16(12)9(2)17)10-5-4-6-11(15)7-10/h4-7,12-13H,3,8H2,1-2H3. The Kier molecular flexibility index (Phi) is 4.94. The maximum Gasteiger partial charge on any atom is 0.329 e. The molecular formula is C14H16ClNO3S. The molecule has 1 aromatic rings. The first-order valence-corrected chi connectivity index (χ1v) is 7.80. The van der Waals surface area contributed by atoms with Crippen molar-refractivity contribution in [3.05, 3.63) is 34.9 Å². The van der Waals surface area contributed by atoms with Gasteiger partial charge in [0, 0.05) is 17.7 Å². The van der Waals surface area contributed by atoms with Gasteiger partial charge in [-0.25, -0.2) is 4.79 Å². The van der Waals surface area contributed by atoms with Crippen LogP contribution in [0.25, 0.3) is 0 Å². The first-order valence-electron chi connectivity index (χ1n) is 6.37. The van der Waals surface area contributed by atoms with Crippen molar-refractivity contribution in [2.45, 2.75) is 25.3 Å². The van der Waals surface area contributed by atoms with Crippen LogP contribution >= 0.6 is 23.4 Å². The zero-order chi connectivity index (χ0) is 14.7. The normalized spacial score (nSPS) is 21.9. The van der Waals surface area contributed by atoms with Crippen LogP contribution in [0.4, 0.5) is 0 Å². The topological polar surface area (TPSA) is 46.6 Å². The second-order valence-corrected chi connectivity index (χ2v) is 5.98. The van der Waals surface area contributed by atoms with Crippen molar-refractivity contribution in [2.75, 3.05) is 12.4 Å². The van der Waals surface area contributed by atoms with Gasteiger partial charge in [0.05, 0.1) is 6.61 Å². The van der Waals surface area contributed by atoms with E-state index in [9.17, 15) is 9.59 Å².